The van der Waals surface area contributed by atoms with Crippen LogP contribution in [0.3, 0.4) is 0 Å². The molecule has 1 heterocycles. The Morgan fingerprint density at radius 2 is 1.92 bits per heavy atom. The zero-order valence-corrected chi connectivity index (χ0v) is 16.3. The van der Waals surface area contributed by atoms with Crippen LogP contribution in [0.15, 0.2) is 47.9 Å². The number of benzene rings is 1. The Hall–Kier alpha value is -2.15. The van der Waals surface area contributed by atoms with E-state index in [0.717, 1.165) is 23.8 Å². The average Bonchev–Trinajstić information content (AvgIpc) is 3.00. The third kappa shape index (κ3) is 7.98. The van der Waals surface area contributed by atoms with E-state index in [1.54, 1.807) is 11.3 Å². The van der Waals surface area contributed by atoms with Gasteiger partial charge in [0.2, 0.25) is 0 Å². The van der Waals surface area contributed by atoms with Gasteiger partial charge < -0.3 is 0 Å². The lowest BCUT2D eigenvalue weighted by molar-refractivity contribution is 0.359. The molecule has 0 aliphatic carbocycles. The van der Waals surface area contributed by atoms with Gasteiger partial charge in [0, 0.05) is 23.9 Å². The second kappa shape index (κ2) is 9.36. The number of likely N-dealkylation sites (N-methyl/N-ethyl adjacent to an activating group) is 1. The first kappa shape index (κ1) is 19.2. The third-order valence-electron chi connectivity index (χ3n) is 3.28. The molecule has 0 saturated heterocycles. The minimum absolute atomic E-state index is 0.0561. The Balaban J connectivity index is 1.83. The Bertz CT molecular complexity index is 768. The second-order valence-electron chi connectivity index (χ2n) is 7.04. The van der Waals surface area contributed by atoms with Crippen molar-refractivity contribution in [3.63, 3.8) is 0 Å². The van der Waals surface area contributed by atoms with E-state index in [2.05, 4.69) is 85.3 Å². The SMILES string of the molecule is CN(CC=CC#CC(C)(C)C)Cc1csc(C=Cc2ccccc2)n1. The van der Waals surface area contributed by atoms with E-state index in [1.807, 2.05) is 24.3 Å². The van der Waals surface area contributed by atoms with Crippen LogP contribution in [-0.2, 0) is 6.54 Å². The van der Waals surface area contributed by atoms with E-state index in [1.165, 1.54) is 5.56 Å². The molecule has 2 nitrogen and oxygen atoms in total. The van der Waals surface area contributed by atoms with Gasteiger partial charge in [-0.3, -0.25) is 4.90 Å². The quantitative estimate of drug-likeness (QED) is 0.653. The summed E-state index contributed by atoms with van der Waals surface area (Å²) in [5.74, 6) is 6.30. The van der Waals surface area contributed by atoms with Crippen molar-refractivity contribution < 1.29 is 0 Å². The molecule has 0 bridgehead atoms. The van der Waals surface area contributed by atoms with E-state index in [-0.39, 0.29) is 5.41 Å². The molecule has 25 heavy (non-hydrogen) atoms. The fourth-order valence-corrected chi connectivity index (χ4v) is 2.79. The van der Waals surface area contributed by atoms with E-state index in [4.69, 9.17) is 0 Å². The number of hydrogen-bond donors (Lipinski definition) is 0. The van der Waals surface area contributed by atoms with E-state index < -0.39 is 0 Å². The van der Waals surface area contributed by atoms with Crippen molar-refractivity contribution in [2.75, 3.05) is 13.6 Å². The maximum atomic E-state index is 4.68. The van der Waals surface area contributed by atoms with Crippen LogP contribution in [0.1, 0.15) is 37.0 Å². The van der Waals surface area contributed by atoms with Crippen LogP contribution in [0.2, 0.25) is 0 Å². The minimum Gasteiger partial charge on any atom is -0.297 e. The van der Waals surface area contributed by atoms with Gasteiger partial charge in [-0.1, -0.05) is 54.3 Å². The molecule has 0 N–H and O–H groups in total. The maximum absolute atomic E-state index is 4.68. The summed E-state index contributed by atoms with van der Waals surface area (Å²) in [7, 11) is 2.10. The number of rotatable bonds is 6. The van der Waals surface area contributed by atoms with Gasteiger partial charge in [0.05, 0.1) is 5.69 Å². The molecule has 130 valence electrons. The zero-order chi connectivity index (χ0) is 18.1. The topological polar surface area (TPSA) is 16.1 Å². The molecule has 0 atom stereocenters. The average molecular weight is 351 g/mol. The Labute approximate surface area is 155 Å². The van der Waals surface area contributed by atoms with Gasteiger partial charge in [-0.05, 0) is 45.5 Å². The summed E-state index contributed by atoms with van der Waals surface area (Å²) in [6.07, 6.45) is 8.21. The van der Waals surface area contributed by atoms with Crippen molar-refractivity contribution in [1.82, 2.24) is 9.88 Å². The number of nitrogens with zero attached hydrogens (tertiary/aromatic N) is 2. The highest BCUT2D eigenvalue weighted by Crippen LogP contribution is 2.15. The van der Waals surface area contributed by atoms with Crippen LogP contribution >= 0.6 is 11.3 Å². The molecule has 2 aromatic rings. The summed E-state index contributed by atoms with van der Waals surface area (Å²) in [6, 6.07) is 10.3. The first-order valence-electron chi connectivity index (χ1n) is 8.46. The number of aromatic nitrogens is 1. The van der Waals surface area contributed by atoms with Gasteiger partial charge in [0.25, 0.3) is 0 Å². The first-order valence-corrected chi connectivity index (χ1v) is 9.34. The molecule has 0 unspecified atom stereocenters. The van der Waals surface area contributed by atoms with Gasteiger partial charge in [-0.15, -0.1) is 11.3 Å². The van der Waals surface area contributed by atoms with Crippen molar-refractivity contribution in [3.8, 4) is 11.8 Å². The normalized spacial score (nSPS) is 12.0. The fourth-order valence-electron chi connectivity index (χ4n) is 2.09. The molecule has 0 aliphatic rings. The maximum Gasteiger partial charge on any atom is 0.116 e. The molecule has 0 amide bonds. The fraction of sp³-hybridized carbons (Fsp3) is 0.318. The van der Waals surface area contributed by atoms with E-state index >= 15 is 0 Å². The smallest absolute Gasteiger partial charge is 0.116 e. The molecule has 0 radical (unpaired) electrons. The molecule has 0 aliphatic heterocycles. The number of allylic oxidation sites excluding steroid dienone is 1. The summed E-state index contributed by atoms with van der Waals surface area (Å²) >= 11 is 1.68. The summed E-state index contributed by atoms with van der Waals surface area (Å²) in [4.78, 5) is 6.91. The molecule has 0 saturated carbocycles. The van der Waals surface area contributed by atoms with Gasteiger partial charge in [-0.2, -0.15) is 0 Å². The lowest BCUT2D eigenvalue weighted by atomic mass is 9.98. The number of thiazole rings is 1. The Morgan fingerprint density at radius 1 is 1.16 bits per heavy atom. The number of hydrogen-bond acceptors (Lipinski definition) is 3. The van der Waals surface area contributed by atoms with Gasteiger partial charge in [0.1, 0.15) is 5.01 Å². The van der Waals surface area contributed by atoms with Crippen LogP contribution in [0, 0.1) is 17.3 Å². The third-order valence-corrected chi connectivity index (χ3v) is 4.14. The molecule has 1 aromatic heterocycles. The van der Waals surface area contributed by atoms with Crippen LogP contribution in [0.4, 0.5) is 0 Å². The summed E-state index contributed by atoms with van der Waals surface area (Å²) < 4.78 is 0. The van der Waals surface area contributed by atoms with Gasteiger partial charge >= 0.3 is 0 Å². The molecular weight excluding hydrogens is 324 g/mol. The molecule has 0 fully saturated rings. The predicted molar refractivity (Wildman–Crippen MR) is 110 cm³/mol. The monoisotopic (exact) mass is 350 g/mol. The van der Waals surface area contributed by atoms with Crippen molar-refractivity contribution in [3.05, 3.63) is 64.1 Å². The molecule has 0 spiro atoms. The van der Waals surface area contributed by atoms with Crippen molar-refractivity contribution in [2.45, 2.75) is 27.3 Å². The van der Waals surface area contributed by atoms with Crippen LogP contribution in [0.5, 0.6) is 0 Å². The summed E-state index contributed by atoms with van der Waals surface area (Å²) in [6.45, 7) is 8.06. The Kier molecular flexibility index (Phi) is 7.18. The molecule has 3 heteroatoms. The molecule has 1 aromatic carbocycles. The van der Waals surface area contributed by atoms with Gasteiger partial charge in [-0.25, -0.2) is 4.98 Å². The van der Waals surface area contributed by atoms with Crippen molar-refractivity contribution in [1.29, 1.82) is 0 Å². The highest BCUT2D eigenvalue weighted by atomic mass is 32.1. The largest absolute Gasteiger partial charge is 0.297 e. The lowest BCUT2D eigenvalue weighted by Crippen LogP contribution is -2.17. The van der Waals surface area contributed by atoms with E-state index in [9.17, 15) is 0 Å². The molecule has 2 rings (SSSR count). The highest BCUT2D eigenvalue weighted by Gasteiger charge is 2.03. The first-order chi connectivity index (χ1) is 11.9. The lowest BCUT2D eigenvalue weighted by Gasteiger charge is -2.11. The van der Waals surface area contributed by atoms with Crippen molar-refractivity contribution in [2.24, 2.45) is 5.41 Å². The van der Waals surface area contributed by atoms with Crippen LogP contribution in [0.25, 0.3) is 12.2 Å². The highest BCUT2D eigenvalue weighted by molar-refractivity contribution is 7.10. The predicted octanol–water partition coefficient (Wildman–Crippen LogP) is 5.35. The van der Waals surface area contributed by atoms with Crippen LogP contribution in [-0.4, -0.2) is 23.5 Å². The summed E-state index contributed by atoms with van der Waals surface area (Å²) in [5.41, 5.74) is 2.35. The summed E-state index contributed by atoms with van der Waals surface area (Å²) in [5, 5.41) is 3.17. The van der Waals surface area contributed by atoms with Gasteiger partial charge in [0.15, 0.2) is 0 Å². The minimum atomic E-state index is 0.0561. The standard InChI is InChI=1S/C22H26N2S/c1-22(2,3)15-9-6-10-16-24(4)17-20-18-25-21(23-20)14-13-19-11-7-5-8-12-19/h5-8,10-14,18H,16-17H2,1-4H3. The second-order valence-corrected chi connectivity index (χ2v) is 7.93. The zero-order valence-electron chi connectivity index (χ0n) is 15.5. The van der Waals surface area contributed by atoms with E-state index in [0.29, 0.717) is 0 Å². The van der Waals surface area contributed by atoms with Crippen LogP contribution < -0.4 is 0 Å². The van der Waals surface area contributed by atoms with Crippen molar-refractivity contribution >= 4 is 23.5 Å². The Morgan fingerprint density at radius 3 is 2.64 bits per heavy atom. The molecular formula is C22H26N2S.